The van der Waals surface area contributed by atoms with E-state index in [2.05, 4.69) is 20.1 Å². The van der Waals surface area contributed by atoms with Crippen molar-refractivity contribution >= 4 is 5.78 Å². The minimum absolute atomic E-state index is 0.113. The van der Waals surface area contributed by atoms with Crippen molar-refractivity contribution < 1.29 is 9.53 Å². The van der Waals surface area contributed by atoms with Gasteiger partial charge in [0.05, 0.1) is 7.11 Å². The number of allylic oxidation sites excluding steroid dienone is 3. The van der Waals surface area contributed by atoms with Gasteiger partial charge in [-0.25, -0.2) is 0 Å². The summed E-state index contributed by atoms with van der Waals surface area (Å²) in [5, 5.41) is 0. The number of hydrogen-bond donors (Lipinski definition) is 0. The molecule has 0 aromatic heterocycles. The van der Waals surface area contributed by atoms with Crippen molar-refractivity contribution in [2.45, 2.75) is 39.0 Å². The van der Waals surface area contributed by atoms with Crippen molar-refractivity contribution in [2.75, 3.05) is 7.11 Å². The second-order valence-electron chi connectivity index (χ2n) is 5.31. The minimum Gasteiger partial charge on any atom is -0.497 e. The molecule has 0 atom stereocenters. The van der Waals surface area contributed by atoms with Crippen molar-refractivity contribution in [3.05, 3.63) is 72.0 Å². The van der Waals surface area contributed by atoms with Gasteiger partial charge in [-0.1, -0.05) is 63.3 Å². The van der Waals surface area contributed by atoms with Crippen molar-refractivity contribution in [2.24, 2.45) is 0 Å². The molecule has 22 heavy (non-hydrogen) atoms. The lowest BCUT2D eigenvalue weighted by Crippen LogP contribution is -2.05. The van der Waals surface area contributed by atoms with Gasteiger partial charge in [0, 0.05) is 12.0 Å². The Morgan fingerprint density at radius 2 is 2.00 bits per heavy atom. The number of Topliss-reactive ketones (excluding diaryl/α,β-unsaturated/α-hetero) is 1. The molecule has 0 bridgehead atoms. The second-order valence-corrected chi connectivity index (χ2v) is 5.31. The summed E-state index contributed by atoms with van der Waals surface area (Å²) in [4.78, 5) is 12.6. The fourth-order valence-electron chi connectivity index (χ4n) is 2.30. The monoisotopic (exact) mass is 298 g/mol. The lowest BCUT2D eigenvalue weighted by molar-refractivity contribution is 0.0993. The zero-order valence-corrected chi connectivity index (χ0v) is 13.7. The van der Waals surface area contributed by atoms with E-state index >= 15 is 0 Å². The molecule has 0 aliphatic rings. The maximum atomic E-state index is 12.6. The van der Waals surface area contributed by atoms with Gasteiger partial charge >= 0.3 is 0 Å². The Labute approximate surface area is 134 Å². The number of carbonyl (C=O) groups excluding carboxylic acids is 1. The van der Waals surface area contributed by atoms with E-state index in [0.717, 1.165) is 29.5 Å². The Bertz CT molecular complexity index is 553. The molecule has 2 nitrogen and oxygen atoms in total. The predicted octanol–water partition coefficient (Wildman–Crippen LogP) is 5.26. The summed E-state index contributed by atoms with van der Waals surface area (Å²) in [6.45, 7) is 9.69. The van der Waals surface area contributed by atoms with Crippen LogP contribution in [0.15, 0.2) is 60.9 Å². The van der Waals surface area contributed by atoms with Crippen LogP contribution in [-0.4, -0.2) is 12.9 Å². The summed E-state index contributed by atoms with van der Waals surface area (Å²) in [5.74, 6) is 0.640. The number of rotatable bonds is 10. The largest absolute Gasteiger partial charge is 0.497 e. The van der Waals surface area contributed by atoms with Crippen LogP contribution in [0, 0.1) is 0 Å². The summed E-state index contributed by atoms with van der Waals surface area (Å²) >= 11 is 0. The van der Waals surface area contributed by atoms with Gasteiger partial charge in [-0.15, -0.1) is 0 Å². The number of methoxy groups -OCH3 is 1. The van der Waals surface area contributed by atoms with E-state index in [1.54, 1.807) is 19.3 Å². The van der Waals surface area contributed by atoms with Crippen LogP contribution in [-0.2, 0) is 11.2 Å². The van der Waals surface area contributed by atoms with E-state index < -0.39 is 0 Å². The van der Waals surface area contributed by atoms with Crippen LogP contribution < -0.4 is 0 Å². The molecule has 0 saturated heterocycles. The molecular formula is C20H26O2. The highest BCUT2D eigenvalue weighted by Crippen LogP contribution is 2.18. The highest BCUT2D eigenvalue weighted by molar-refractivity contribution is 5.99. The molecule has 0 aliphatic heterocycles. The van der Waals surface area contributed by atoms with E-state index in [0.29, 0.717) is 12.2 Å². The fourth-order valence-corrected chi connectivity index (χ4v) is 2.30. The summed E-state index contributed by atoms with van der Waals surface area (Å²) < 4.78 is 5.03. The maximum absolute atomic E-state index is 12.6. The average Bonchev–Trinajstić information content (AvgIpc) is 2.54. The smallest absolute Gasteiger partial charge is 0.167 e. The van der Waals surface area contributed by atoms with Crippen LogP contribution in [0.1, 0.15) is 48.5 Å². The molecule has 0 amide bonds. The lowest BCUT2D eigenvalue weighted by Gasteiger charge is -2.09. The Hall–Kier alpha value is -2.09. The number of carbonyl (C=O) groups is 1. The Balaban J connectivity index is 2.86. The number of unbranched alkanes of at least 4 members (excludes halogenated alkanes) is 2. The Kier molecular flexibility index (Phi) is 7.98. The van der Waals surface area contributed by atoms with E-state index in [4.69, 9.17) is 4.74 Å². The molecule has 0 heterocycles. The number of ether oxygens (including phenoxy) is 1. The number of aryl methyl sites for hydroxylation is 1. The molecule has 0 aliphatic carbocycles. The molecule has 0 unspecified atom stereocenters. The molecule has 118 valence electrons. The van der Waals surface area contributed by atoms with E-state index in [1.165, 1.54) is 12.8 Å². The average molecular weight is 298 g/mol. The first-order chi connectivity index (χ1) is 10.6. The quantitative estimate of drug-likeness (QED) is 0.255. The molecule has 0 fully saturated rings. The molecule has 0 saturated carbocycles. The second kappa shape index (κ2) is 9.78. The molecule has 1 aromatic carbocycles. The number of hydrogen-bond acceptors (Lipinski definition) is 2. The van der Waals surface area contributed by atoms with Crippen molar-refractivity contribution in [1.29, 1.82) is 0 Å². The standard InChI is InChI=1S/C20H26O2/c1-5-7-8-11-18-12-9-10-13-19(18)20(21)15-17(6-2)14-16(3)22-4/h6,9-10,12-14H,2-3,5,7-8,11,15H2,1,4H3/b17-14+. The molecule has 2 heteroatoms. The Morgan fingerprint density at radius 1 is 1.27 bits per heavy atom. The van der Waals surface area contributed by atoms with Gasteiger partial charge in [-0.05, 0) is 30.1 Å². The minimum atomic E-state index is 0.113. The summed E-state index contributed by atoms with van der Waals surface area (Å²) in [6.07, 6.45) is 8.19. The van der Waals surface area contributed by atoms with Crippen molar-refractivity contribution in [1.82, 2.24) is 0 Å². The highest BCUT2D eigenvalue weighted by Gasteiger charge is 2.12. The van der Waals surface area contributed by atoms with Crippen LogP contribution in [0.2, 0.25) is 0 Å². The molecule has 0 N–H and O–H groups in total. The third kappa shape index (κ3) is 5.72. The first-order valence-electron chi connectivity index (χ1n) is 7.79. The third-order valence-electron chi connectivity index (χ3n) is 3.60. The number of benzene rings is 1. The van der Waals surface area contributed by atoms with Crippen LogP contribution >= 0.6 is 0 Å². The van der Waals surface area contributed by atoms with Gasteiger partial charge in [0.25, 0.3) is 0 Å². The zero-order valence-electron chi connectivity index (χ0n) is 13.7. The highest BCUT2D eigenvalue weighted by atomic mass is 16.5. The molecular weight excluding hydrogens is 272 g/mol. The van der Waals surface area contributed by atoms with E-state index in [-0.39, 0.29) is 5.78 Å². The summed E-state index contributed by atoms with van der Waals surface area (Å²) in [7, 11) is 1.56. The topological polar surface area (TPSA) is 26.3 Å². The van der Waals surface area contributed by atoms with Gasteiger partial charge in [-0.3, -0.25) is 4.79 Å². The molecule has 0 radical (unpaired) electrons. The fraction of sp³-hybridized carbons (Fsp3) is 0.350. The van der Waals surface area contributed by atoms with E-state index in [9.17, 15) is 4.79 Å². The Morgan fingerprint density at radius 3 is 2.64 bits per heavy atom. The zero-order chi connectivity index (χ0) is 16.4. The summed E-state index contributed by atoms with van der Waals surface area (Å²) in [6, 6.07) is 7.88. The number of ketones is 1. The SMILES string of the molecule is C=C/C(=C\C(=C)OC)CC(=O)c1ccccc1CCCCC. The third-order valence-corrected chi connectivity index (χ3v) is 3.60. The molecule has 1 rings (SSSR count). The van der Waals surface area contributed by atoms with Crippen LogP contribution in [0.5, 0.6) is 0 Å². The maximum Gasteiger partial charge on any atom is 0.167 e. The first kappa shape index (κ1) is 18.0. The van der Waals surface area contributed by atoms with Gasteiger partial charge in [0.1, 0.15) is 5.76 Å². The first-order valence-corrected chi connectivity index (χ1v) is 7.79. The van der Waals surface area contributed by atoms with Gasteiger partial charge in [0.15, 0.2) is 5.78 Å². The van der Waals surface area contributed by atoms with Gasteiger partial charge < -0.3 is 4.74 Å². The molecule has 0 spiro atoms. The normalized spacial score (nSPS) is 11.1. The summed E-state index contributed by atoms with van der Waals surface area (Å²) in [5.41, 5.74) is 2.77. The van der Waals surface area contributed by atoms with E-state index in [1.807, 2.05) is 24.3 Å². The van der Waals surface area contributed by atoms with Gasteiger partial charge in [-0.2, -0.15) is 0 Å². The van der Waals surface area contributed by atoms with Crippen LogP contribution in [0.25, 0.3) is 0 Å². The van der Waals surface area contributed by atoms with Crippen LogP contribution in [0.4, 0.5) is 0 Å². The van der Waals surface area contributed by atoms with Gasteiger partial charge in [0.2, 0.25) is 0 Å². The van der Waals surface area contributed by atoms with Crippen LogP contribution in [0.3, 0.4) is 0 Å². The lowest BCUT2D eigenvalue weighted by atomic mass is 9.95. The molecule has 1 aromatic rings. The predicted molar refractivity (Wildman–Crippen MR) is 93.0 cm³/mol. The van der Waals surface area contributed by atoms with Crippen molar-refractivity contribution in [3.8, 4) is 0 Å². The van der Waals surface area contributed by atoms with Crippen molar-refractivity contribution in [3.63, 3.8) is 0 Å².